The van der Waals surface area contributed by atoms with Crippen molar-refractivity contribution in [3.8, 4) is 5.69 Å². The molecule has 5 rings (SSSR count). The highest BCUT2D eigenvalue weighted by atomic mass is 19.1. The number of rotatable bonds is 4. The molecule has 178 valence electrons. The van der Waals surface area contributed by atoms with Crippen molar-refractivity contribution >= 4 is 22.8 Å². The highest BCUT2D eigenvalue weighted by Gasteiger charge is 2.32. The summed E-state index contributed by atoms with van der Waals surface area (Å²) in [6.07, 6.45) is 6.11. The number of carbonyl (C=O) groups is 2. The van der Waals surface area contributed by atoms with E-state index in [9.17, 15) is 14.0 Å². The van der Waals surface area contributed by atoms with Crippen molar-refractivity contribution < 1.29 is 14.0 Å². The van der Waals surface area contributed by atoms with E-state index in [1.54, 1.807) is 18.0 Å². The van der Waals surface area contributed by atoms with Gasteiger partial charge in [0.25, 0.3) is 11.8 Å². The van der Waals surface area contributed by atoms with E-state index < -0.39 is 5.67 Å². The van der Waals surface area contributed by atoms with E-state index in [1.807, 2.05) is 47.2 Å². The van der Waals surface area contributed by atoms with Crippen molar-refractivity contribution in [1.29, 1.82) is 0 Å². The zero-order valence-corrected chi connectivity index (χ0v) is 19.4. The van der Waals surface area contributed by atoms with Crippen LogP contribution in [0, 0.1) is 0 Å². The molecule has 0 unspecified atom stereocenters. The fourth-order valence-electron chi connectivity index (χ4n) is 4.72. The molecular formula is C26H30FN5O2. The van der Waals surface area contributed by atoms with Crippen LogP contribution in [0.5, 0.6) is 0 Å². The molecule has 0 radical (unpaired) electrons. The summed E-state index contributed by atoms with van der Waals surface area (Å²) in [4.78, 5) is 31.7. The number of benzene rings is 1. The number of carbonyl (C=O) groups excluding carboxylic acids is 2. The predicted octanol–water partition coefficient (Wildman–Crippen LogP) is 3.47. The van der Waals surface area contributed by atoms with E-state index >= 15 is 0 Å². The molecule has 7 nitrogen and oxygen atoms in total. The first-order valence-electron chi connectivity index (χ1n) is 12.0. The van der Waals surface area contributed by atoms with Crippen LogP contribution >= 0.6 is 0 Å². The molecule has 3 aromatic rings. The number of fused-ring (bicyclic) bond motifs is 1. The zero-order chi connectivity index (χ0) is 23.7. The summed E-state index contributed by atoms with van der Waals surface area (Å²) in [5, 5.41) is 7.26. The quantitative estimate of drug-likeness (QED) is 0.621. The van der Waals surface area contributed by atoms with Gasteiger partial charge in [0.15, 0.2) is 0 Å². The summed E-state index contributed by atoms with van der Waals surface area (Å²) in [6, 6.07) is 11.4. The number of halogens is 1. The highest BCUT2D eigenvalue weighted by Crippen LogP contribution is 2.27. The van der Waals surface area contributed by atoms with E-state index in [-0.39, 0.29) is 17.9 Å². The largest absolute Gasteiger partial charge is 0.349 e. The smallest absolute Gasteiger partial charge is 0.255 e. The lowest BCUT2D eigenvalue weighted by Crippen LogP contribution is -2.43. The average molecular weight is 464 g/mol. The van der Waals surface area contributed by atoms with Gasteiger partial charge < -0.3 is 20.1 Å². The Bertz CT molecular complexity index is 1190. The molecule has 0 atom stereocenters. The van der Waals surface area contributed by atoms with E-state index in [0.717, 1.165) is 42.7 Å². The van der Waals surface area contributed by atoms with Gasteiger partial charge in [0.2, 0.25) is 0 Å². The van der Waals surface area contributed by atoms with Crippen LogP contribution < -0.4 is 10.6 Å². The van der Waals surface area contributed by atoms with Gasteiger partial charge in [-0.05, 0) is 82.1 Å². The van der Waals surface area contributed by atoms with Gasteiger partial charge in [-0.3, -0.25) is 9.59 Å². The molecule has 2 amide bonds. The fourth-order valence-corrected chi connectivity index (χ4v) is 4.72. The Morgan fingerprint density at radius 3 is 2.50 bits per heavy atom. The molecule has 2 N–H and O–H groups in total. The molecule has 2 fully saturated rings. The second-order valence-electron chi connectivity index (χ2n) is 9.57. The third-order valence-corrected chi connectivity index (χ3v) is 6.95. The highest BCUT2D eigenvalue weighted by molar-refractivity contribution is 5.97. The van der Waals surface area contributed by atoms with Gasteiger partial charge in [0, 0.05) is 48.2 Å². The Hall–Kier alpha value is -3.26. The van der Waals surface area contributed by atoms with Gasteiger partial charge in [0.1, 0.15) is 11.3 Å². The third-order valence-electron chi connectivity index (χ3n) is 6.95. The van der Waals surface area contributed by atoms with Crippen LogP contribution in [-0.4, -0.2) is 64.2 Å². The molecule has 8 heteroatoms. The molecule has 2 saturated heterocycles. The number of hydrogen-bond donors (Lipinski definition) is 2. The predicted molar refractivity (Wildman–Crippen MR) is 129 cm³/mol. The van der Waals surface area contributed by atoms with Crippen molar-refractivity contribution in [2.24, 2.45) is 0 Å². The summed E-state index contributed by atoms with van der Waals surface area (Å²) in [5.41, 5.74) is 1.57. The summed E-state index contributed by atoms with van der Waals surface area (Å²) in [5.74, 6) is -0.162. The Kier molecular flexibility index (Phi) is 6.08. The van der Waals surface area contributed by atoms with Crippen molar-refractivity contribution in [2.75, 3.05) is 26.2 Å². The Labute approximate surface area is 198 Å². The number of piperidine rings is 2. The summed E-state index contributed by atoms with van der Waals surface area (Å²) < 4.78 is 16.0. The standard InChI is InChI=1S/C26H30FN5O2/c1-26(27)9-14-31(15-10-26)25(34)20-16-19-8-13-32(23(19)29-17-20)22-4-2-18(3-5-22)24(33)30-21-6-11-28-12-7-21/h2-5,8,13,16-17,21,28H,6-7,9-12,14-15H2,1H3,(H,30,33). The molecule has 0 saturated carbocycles. The molecule has 0 aliphatic carbocycles. The zero-order valence-electron chi connectivity index (χ0n) is 19.4. The van der Waals surface area contributed by atoms with Gasteiger partial charge >= 0.3 is 0 Å². The number of alkyl halides is 1. The first-order valence-corrected chi connectivity index (χ1v) is 12.0. The van der Waals surface area contributed by atoms with Crippen LogP contribution in [0.25, 0.3) is 16.7 Å². The molecule has 2 aliphatic heterocycles. The minimum Gasteiger partial charge on any atom is -0.349 e. The number of aromatic nitrogens is 2. The van der Waals surface area contributed by atoms with Gasteiger partial charge in [-0.25, -0.2) is 9.37 Å². The van der Waals surface area contributed by atoms with Gasteiger partial charge in [-0.1, -0.05) is 0 Å². The minimum atomic E-state index is -1.19. The van der Waals surface area contributed by atoms with Crippen LogP contribution in [0.2, 0.25) is 0 Å². The average Bonchev–Trinajstić information content (AvgIpc) is 3.28. The first kappa shape index (κ1) is 22.5. The van der Waals surface area contributed by atoms with Crippen LogP contribution in [0.1, 0.15) is 53.3 Å². The molecule has 1 aromatic carbocycles. The first-order chi connectivity index (χ1) is 16.4. The molecule has 4 heterocycles. The van der Waals surface area contributed by atoms with E-state index in [1.165, 1.54) is 0 Å². The SMILES string of the molecule is CC1(F)CCN(C(=O)c2cnc3c(ccn3-c3ccc(C(=O)NC4CCNCC4)cc3)c2)CC1. The maximum absolute atomic E-state index is 14.1. The second-order valence-corrected chi connectivity index (χ2v) is 9.57. The normalized spacial score (nSPS) is 18.7. The topological polar surface area (TPSA) is 79.3 Å². The molecule has 0 spiro atoms. The molecule has 34 heavy (non-hydrogen) atoms. The molecule has 2 aliphatic rings. The Morgan fingerprint density at radius 1 is 1.09 bits per heavy atom. The minimum absolute atomic E-state index is 0.0529. The van der Waals surface area contributed by atoms with Gasteiger partial charge in [0.05, 0.1) is 5.56 Å². The Morgan fingerprint density at radius 2 is 1.79 bits per heavy atom. The summed E-state index contributed by atoms with van der Waals surface area (Å²) in [7, 11) is 0. The van der Waals surface area contributed by atoms with E-state index in [0.29, 0.717) is 37.1 Å². The summed E-state index contributed by atoms with van der Waals surface area (Å²) in [6.45, 7) is 4.30. The van der Waals surface area contributed by atoms with Crippen LogP contribution in [-0.2, 0) is 0 Å². The van der Waals surface area contributed by atoms with Crippen molar-refractivity contribution in [3.05, 3.63) is 59.9 Å². The number of amides is 2. The van der Waals surface area contributed by atoms with Crippen LogP contribution in [0.3, 0.4) is 0 Å². The van der Waals surface area contributed by atoms with Crippen molar-refractivity contribution in [1.82, 2.24) is 25.1 Å². The summed E-state index contributed by atoms with van der Waals surface area (Å²) >= 11 is 0. The van der Waals surface area contributed by atoms with Crippen LogP contribution in [0.4, 0.5) is 4.39 Å². The number of nitrogens with zero attached hydrogens (tertiary/aromatic N) is 3. The Balaban J connectivity index is 1.30. The second kappa shape index (κ2) is 9.18. The molecule has 2 aromatic heterocycles. The number of nitrogens with one attached hydrogen (secondary N) is 2. The van der Waals surface area contributed by atoms with Gasteiger partial charge in [-0.2, -0.15) is 0 Å². The molecule has 0 bridgehead atoms. The maximum Gasteiger partial charge on any atom is 0.255 e. The lowest BCUT2D eigenvalue weighted by atomic mass is 9.95. The third kappa shape index (κ3) is 4.68. The lowest BCUT2D eigenvalue weighted by molar-refractivity contribution is 0.0503. The number of likely N-dealkylation sites (tertiary alicyclic amines) is 1. The fraction of sp³-hybridized carbons (Fsp3) is 0.423. The van der Waals surface area contributed by atoms with Crippen LogP contribution in [0.15, 0.2) is 48.8 Å². The lowest BCUT2D eigenvalue weighted by Gasteiger charge is -2.34. The van der Waals surface area contributed by atoms with Crippen molar-refractivity contribution in [3.63, 3.8) is 0 Å². The van der Waals surface area contributed by atoms with E-state index in [2.05, 4.69) is 15.6 Å². The van der Waals surface area contributed by atoms with Gasteiger partial charge in [-0.15, -0.1) is 0 Å². The maximum atomic E-state index is 14.1. The monoisotopic (exact) mass is 463 g/mol. The molecular weight excluding hydrogens is 433 g/mol. The number of hydrogen-bond acceptors (Lipinski definition) is 4. The van der Waals surface area contributed by atoms with Crippen molar-refractivity contribution in [2.45, 2.75) is 44.3 Å². The number of pyridine rings is 1. The van der Waals surface area contributed by atoms with E-state index in [4.69, 9.17) is 0 Å².